The third-order valence-electron chi connectivity index (χ3n) is 2.87. The predicted octanol–water partition coefficient (Wildman–Crippen LogP) is 0.667. The van der Waals surface area contributed by atoms with E-state index in [0.29, 0.717) is 0 Å². The van der Waals surface area contributed by atoms with Crippen molar-refractivity contribution in [1.29, 1.82) is 0 Å². The molecule has 2 amide bonds. The Kier molecular flexibility index (Phi) is 4.93. The largest absolute Gasteiger partial charge is 0.368 e. The number of carbonyl (C=O) groups is 2. The molecule has 1 heterocycles. The second-order valence-corrected chi connectivity index (χ2v) is 4.87. The van der Waals surface area contributed by atoms with Gasteiger partial charge in [0.25, 0.3) is 5.91 Å². The van der Waals surface area contributed by atoms with E-state index in [4.69, 9.17) is 23.8 Å². The molecule has 0 bridgehead atoms. The maximum absolute atomic E-state index is 13.9. The fourth-order valence-electron chi connectivity index (χ4n) is 1.73. The highest BCUT2D eigenvalue weighted by molar-refractivity contribution is 6.30. The summed E-state index contributed by atoms with van der Waals surface area (Å²) in [5.74, 6) is 0.0451. The summed E-state index contributed by atoms with van der Waals surface area (Å²) >= 11 is 5.69. The zero-order valence-electron chi connectivity index (χ0n) is 11.7. The van der Waals surface area contributed by atoms with Crippen molar-refractivity contribution in [2.24, 2.45) is 5.73 Å². The van der Waals surface area contributed by atoms with Crippen molar-refractivity contribution >= 4 is 23.4 Å². The van der Waals surface area contributed by atoms with Crippen LogP contribution < -0.4 is 11.1 Å². The molecule has 0 aliphatic carbocycles. The summed E-state index contributed by atoms with van der Waals surface area (Å²) in [4.78, 5) is 23.2. The molecule has 0 unspecified atom stereocenters. The summed E-state index contributed by atoms with van der Waals surface area (Å²) in [6.07, 6.45) is 6.23. The van der Waals surface area contributed by atoms with E-state index in [2.05, 4.69) is 21.5 Å². The first-order chi connectivity index (χ1) is 10.9. The molecular formula is C14H11ClFN5O2. The first-order valence-electron chi connectivity index (χ1n) is 6.34. The van der Waals surface area contributed by atoms with E-state index in [1.807, 2.05) is 0 Å². The van der Waals surface area contributed by atoms with Gasteiger partial charge in [0.1, 0.15) is 11.7 Å². The first kappa shape index (κ1) is 16.5. The molecule has 3 N–H and O–H groups in total. The Morgan fingerprint density at radius 1 is 1.52 bits per heavy atom. The summed E-state index contributed by atoms with van der Waals surface area (Å²) in [6.45, 7) is 0. The molecule has 23 heavy (non-hydrogen) atoms. The van der Waals surface area contributed by atoms with Gasteiger partial charge in [0.15, 0.2) is 11.5 Å². The number of halogens is 2. The first-order valence-corrected chi connectivity index (χ1v) is 6.72. The highest BCUT2D eigenvalue weighted by atomic mass is 35.5. The molecular weight excluding hydrogens is 325 g/mol. The van der Waals surface area contributed by atoms with Crippen LogP contribution in [0.2, 0.25) is 5.02 Å². The molecule has 1 aromatic carbocycles. The number of nitrogens with two attached hydrogens (primary N) is 1. The molecule has 1 aromatic heterocycles. The maximum Gasteiger partial charge on any atom is 0.274 e. The zero-order valence-corrected chi connectivity index (χ0v) is 12.4. The van der Waals surface area contributed by atoms with Gasteiger partial charge in [0.05, 0.1) is 11.2 Å². The van der Waals surface area contributed by atoms with Crippen LogP contribution in [0, 0.1) is 18.2 Å². The molecule has 0 radical (unpaired) electrons. The minimum atomic E-state index is -1.03. The number of nitrogens with zero attached hydrogens (tertiary/aromatic N) is 3. The Morgan fingerprint density at radius 3 is 2.91 bits per heavy atom. The predicted molar refractivity (Wildman–Crippen MR) is 80.2 cm³/mol. The highest BCUT2D eigenvalue weighted by Gasteiger charge is 2.20. The van der Waals surface area contributed by atoms with Crippen LogP contribution in [-0.4, -0.2) is 32.9 Å². The van der Waals surface area contributed by atoms with Crippen LogP contribution in [0.1, 0.15) is 16.9 Å². The molecule has 0 aliphatic rings. The van der Waals surface area contributed by atoms with E-state index >= 15 is 0 Å². The summed E-state index contributed by atoms with van der Waals surface area (Å²) in [5.41, 5.74) is 5.02. The summed E-state index contributed by atoms with van der Waals surface area (Å²) in [6, 6.07) is 3.29. The lowest BCUT2D eigenvalue weighted by Gasteiger charge is -2.10. The molecule has 7 nitrogen and oxygen atoms in total. The molecule has 1 atom stereocenters. The summed E-state index contributed by atoms with van der Waals surface area (Å²) in [7, 11) is 0. The molecule has 0 fully saturated rings. The fourth-order valence-corrected chi connectivity index (χ4v) is 1.90. The van der Waals surface area contributed by atoms with Gasteiger partial charge in [0, 0.05) is 6.42 Å². The van der Waals surface area contributed by atoms with Gasteiger partial charge in [-0.3, -0.25) is 9.59 Å². The number of hydrogen-bond donors (Lipinski definition) is 2. The molecule has 2 rings (SSSR count). The second-order valence-electron chi connectivity index (χ2n) is 4.46. The van der Waals surface area contributed by atoms with Crippen molar-refractivity contribution < 1.29 is 14.0 Å². The lowest BCUT2D eigenvalue weighted by Crippen LogP contribution is -2.44. The number of nitrogens with one attached hydrogen (secondary N) is 1. The van der Waals surface area contributed by atoms with Crippen molar-refractivity contribution in [2.45, 2.75) is 12.5 Å². The maximum atomic E-state index is 13.9. The number of rotatable bonds is 5. The van der Waals surface area contributed by atoms with Gasteiger partial charge in [-0.05, 0) is 12.1 Å². The third-order valence-corrected chi connectivity index (χ3v) is 3.17. The van der Waals surface area contributed by atoms with E-state index in [9.17, 15) is 14.0 Å². The molecule has 118 valence electrons. The van der Waals surface area contributed by atoms with Crippen LogP contribution >= 0.6 is 11.6 Å². The molecule has 2 aromatic rings. The number of benzene rings is 1. The average molecular weight is 336 g/mol. The number of hydrogen-bond acceptors (Lipinski definition) is 4. The van der Waals surface area contributed by atoms with Gasteiger partial charge in [0.2, 0.25) is 5.91 Å². The third kappa shape index (κ3) is 3.64. The number of primary amides is 1. The Balaban J connectivity index is 2.22. The molecule has 0 spiro atoms. The standard InChI is InChI=1S/C14H11ClFN5O2/c1-2-4-9(13(17)22)18-14(23)10-7-21(20-19-10)11-6-3-5-8(15)12(11)16/h1,3,5-7,9H,4H2,(H2,17,22)(H,18,23)/t9-/m0/s1. The summed E-state index contributed by atoms with van der Waals surface area (Å²) < 4.78 is 15.0. The van der Waals surface area contributed by atoms with Crippen molar-refractivity contribution in [3.63, 3.8) is 0 Å². The smallest absolute Gasteiger partial charge is 0.274 e. The lowest BCUT2D eigenvalue weighted by molar-refractivity contribution is -0.119. The Morgan fingerprint density at radius 2 is 2.26 bits per heavy atom. The second kappa shape index (κ2) is 6.89. The van der Waals surface area contributed by atoms with E-state index < -0.39 is 23.7 Å². The van der Waals surface area contributed by atoms with E-state index in [0.717, 1.165) is 4.68 Å². The molecule has 0 aliphatic heterocycles. The SMILES string of the molecule is C#CC[C@H](NC(=O)c1cn(-c2cccc(Cl)c2F)nn1)C(N)=O. The van der Waals surface area contributed by atoms with Crippen LogP contribution in [-0.2, 0) is 4.79 Å². The molecule has 9 heteroatoms. The molecule has 0 saturated heterocycles. The van der Waals surface area contributed by atoms with Crippen LogP contribution in [0.15, 0.2) is 24.4 Å². The van der Waals surface area contributed by atoms with Crippen LogP contribution in [0.4, 0.5) is 4.39 Å². The number of terminal acetylenes is 1. The van der Waals surface area contributed by atoms with Gasteiger partial charge in [-0.1, -0.05) is 22.9 Å². The van der Waals surface area contributed by atoms with Crippen LogP contribution in [0.5, 0.6) is 0 Å². The minimum absolute atomic E-state index is 0.0270. The van der Waals surface area contributed by atoms with Crippen LogP contribution in [0.3, 0.4) is 0 Å². The fraction of sp³-hybridized carbons (Fsp3) is 0.143. The van der Waals surface area contributed by atoms with E-state index in [-0.39, 0.29) is 22.8 Å². The van der Waals surface area contributed by atoms with Gasteiger partial charge in [-0.15, -0.1) is 17.4 Å². The number of aromatic nitrogens is 3. The normalized spacial score (nSPS) is 11.5. The number of amides is 2. The van der Waals surface area contributed by atoms with Crippen molar-refractivity contribution in [1.82, 2.24) is 20.3 Å². The van der Waals surface area contributed by atoms with E-state index in [1.165, 1.54) is 24.4 Å². The van der Waals surface area contributed by atoms with E-state index in [1.54, 1.807) is 0 Å². The van der Waals surface area contributed by atoms with Gasteiger partial charge < -0.3 is 11.1 Å². The lowest BCUT2D eigenvalue weighted by atomic mass is 10.2. The Bertz CT molecular complexity index is 799. The summed E-state index contributed by atoms with van der Waals surface area (Å²) in [5, 5.41) is 9.52. The Labute approximate surface area is 135 Å². The van der Waals surface area contributed by atoms with Gasteiger partial charge >= 0.3 is 0 Å². The van der Waals surface area contributed by atoms with Crippen molar-refractivity contribution in [2.75, 3.05) is 0 Å². The minimum Gasteiger partial charge on any atom is -0.368 e. The van der Waals surface area contributed by atoms with Crippen molar-refractivity contribution in [3.8, 4) is 18.0 Å². The zero-order chi connectivity index (χ0) is 17.0. The quantitative estimate of drug-likeness (QED) is 0.784. The average Bonchev–Trinajstić information content (AvgIpc) is 2.99. The Hall–Kier alpha value is -2.92. The van der Waals surface area contributed by atoms with Crippen LogP contribution in [0.25, 0.3) is 5.69 Å². The van der Waals surface area contributed by atoms with Gasteiger partial charge in [-0.2, -0.15) is 0 Å². The van der Waals surface area contributed by atoms with Gasteiger partial charge in [-0.25, -0.2) is 9.07 Å². The highest BCUT2D eigenvalue weighted by Crippen LogP contribution is 2.20. The number of carbonyl (C=O) groups excluding carboxylic acids is 2. The monoisotopic (exact) mass is 335 g/mol. The van der Waals surface area contributed by atoms with Crippen molar-refractivity contribution in [3.05, 3.63) is 40.9 Å². The topological polar surface area (TPSA) is 103 Å². The molecule has 0 saturated carbocycles.